The van der Waals surface area contributed by atoms with Gasteiger partial charge in [-0.15, -0.1) is 0 Å². The third-order valence-corrected chi connectivity index (χ3v) is 7.16. The monoisotopic (exact) mass is 635 g/mol. The largest absolute Gasteiger partial charge is 0.497 e. The van der Waals surface area contributed by atoms with Crippen molar-refractivity contribution in [3.05, 3.63) is 90.9 Å². The second-order valence-corrected chi connectivity index (χ2v) is 10.1. The molecule has 3 aromatic rings. The first-order valence-electron chi connectivity index (χ1n) is 10.5. The summed E-state index contributed by atoms with van der Waals surface area (Å²) >= 11 is 8.81. The molecule has 184 valence electrons. The number of ether oxygens (including phenoxy) is 3. The molecule has 0 saturated carbocycles. The molecule has 3 aromatic carbocycles. The third kappa shape index (κ3) is 5.85. The number of halogens is 2. The number of benzene rings is 3. The molecule has 4 rings (SSSR count). The number of rotatable bonds is 7. The molecular weight excluding hydrogens is 617 g/mol. The second kappa shape index (κ2) is 11.4. The summed E-state index contributed by atoms with van der Waals surface area (Å²) in [7, 11) is 3.00. The Bertz CT molecular complexity index is 1360. The van der Waals surface area contributed by atoms with Crippen LogP contribution in [0.5, 0.6) is 17.2 Å². The topological polar surface area (TPSA) is 82.1 Å². The predicted molar refractivity (Wildman–Crippen MR) is 147 cm³/mol. The number of esters is 1. The molecule has 0 spiro atoms. The second-order valence-electron chi connectivity index (χ2n) is 7.55. The third-order valence-electron chi connectivity index (χ3n) is 5.20. The number of carbonyl (C=O) groups excluding carboxylic acids is 3. The standard InChI is InChI=1S/C26H19ClINO6S/c1-33-19-9-5-17(6-10-19)25(31)35-23-20(28)11-16(12-21(23)34-2)13-22-24(30)29(26(32)36-22)14-15-3-7-18(27)8-4-15/h3-13H,14H2,1-2H3/b22-13-. The first kappa shape index (κ1) is 26.1. The van der Waals surface area contributed by atoms with Crippen molar-refractivity contribution in [2.45, 2.75) is 6.54 Å². The minimum absolute atomic E-state index is 0.153. The predicted octanol–water partition coefficient (Wildman–Crippen LogP) is 6.42. The van der Waals surface area contributed by atoms with Crippen molar-refractivity contribution in [1.29, 1.82) is 0 Å². The van der Waals surface area contributed by atoms with Crippen molar-refractivity contribution in [2.75, 3.05) is 14.2 Å². The van der Waals surface area contributed by atoms with Gasteiger partial charge in [0, 0.05) is 5.02 Å². The van der Waals surface area contributed by atoms with Crippen LogP contribution in [0.3, 0.4) is 0 Å². The fourth-order valence-corrected chi connectivity index (χ4v) is 5.06. The van der Waals surface area contributed by atoms with Gasteiger partial charge in [-0.3, -0.25) is 14.5 Å². The SMILES string of the molecule is COc1ccc(C(=O)Oc2c(I)cc(/C=C3\SC(=O)N(Cc4ccc(Cl)cc4)C3=O)cc2OC)cc1. The van der Waals surface area contributed by atoms with Crippen molar-refractivity contribution in [2.24, 2.45) is 0 Å². The van der Waals surface area contributed by atoms with Gasteiger partial charge in [-0.25, -0.2) is 4.79 Å². The quantitative estimate of drug-likeness (QED) is 0.128. The number of methoxy groups -OCH3 is 2. The molecule has 1 aliphatic rings. The fraction of sp³-hybridized carbons (Fsp3) is 0.115. The Hall–Kier alpha value is -3.02. The molecule has 1 saturated heterocycles. The molecule has 1 aliphatic heterocycles. The summed E-state index contributed by atoms with van der Waals surface area (Å²) in [5.41, 5.74) is 1.77. The van der Waals surface area contributed by atoms with Crippen LogP contribution in [0.4, 0.5) is 4.79 Å². The highest BCUT2D eigenvalue weighted by atomic mass is 127. The Kier molecular flexibility index (Phi) is 8.22. The maximum Gasteiger partial charge on any atom is 0.343 e. The summed E-state index contributed by atoms with van der Waals surface area (Å²) in [5.74, 6) is 0.261. The molecule has 10 heteroatoms. The number of imide groups is 1. The Morgan fingerprint density at radius 1 is 1.03 bits per heavy atom. The lowest BCUT2D eigenvalue weighted by molar-refractivity contribution is -0.123. The molecule has 0 aromatic heterocycles. The summed E-state index contributed by atoms with van der Waals surface area (Å²) in [4.78, 5) is 39.6. The fourth-order valence-electron chi connectivity index (χ4n) is 3.36. The lowest BCUT2D eigenvalue weighted by atomic mass is 10.1. The average Bonchev–Trinajstić information content (AvgIpc) is 3.13. The zero-order valence-corrected chi connectivity index (χ0v) is 22.8. The molecule has 7 nitrogen and oxygen atoms in total. The van der Waals surface area contributed by atoms with Crippen LogP contribution in [0.25, 0.3) is 6.08 Å². The Morgan fingerprint density at radius 3 is 2.36 bits per heavy atom. The van der Waals surface area contributed by atoms with Gasteiger partial charge in [-0.05, 0) is 100 Å². The summed E-state index contributed by atoms with van der Waals surface area (Å²) in [6.45, 7) is 0.153. The first-order chi connectivity index (χ1) is 17.3. The van der Waals surface area contributed by atoms with E-state index in [1.165, 1.54) is 12.0 Å². The highest BCUT2D eigenvalue weighted by Gasteiger charge is 2.35. The van der Waals surface area contributed by atoms with Crippen LogP contribution in [0.15, 0.2) is 65.6 Å². The summed E-state index contributed by atoms with van der Waals surface area (Å²) in [6.07, 6.45) is 1.62. The highest BCUT2D eigenvalue weighted by molar-refractivity contribution is 14.1. The number of thioether (sulfide) groups is 1. The molecule has 0 bridgehead atoms. The van der Waals surface area contributed by atoms with Gasteiger partial charge in [0.15, 0.2) is 11.5 Å². The van der Waals surface area contributed by atoms with Crippen molar-refractivity contribution < 1.29 is 28.6 Å². The van der Waals surface area contributed by atoms with Crippen LogP contribution in [-0.4, -0.2) is 36.2 Å². The smallest absolute Gasteiger partial charge is 0.343 e. The Balaban J connectivity index is 1.54. The van der Waals surface area contributed by atoms with E-state index in [0.29, 0.717) is 31.2 Å². The van der Waals surface area contributed by atoms with Gasteiger partial charge in [-0.1, -0.05) is 23.7 Å². The molecule has 0 radical (unpaired) electrons. The zero-order valence-electron chi connectivity index (χ0n) is 19.1. The zero-order chi connectivity index (χ0) is 25.8. The number of nitrogens with zero attached hydrogens (tertiary/aromatic N) is 1. The number of carbonyl (C=O) groups is 3. The van der Waals surface area contributed by atoms with Crippen LogP contribution >= 0.6 is 46.0 Å². The minimum atomic E-state index is -0.551. The first-order valence-corrected chi connectivity index (χ1v) is 12.8. The number of amides is 2. The molecule has 0 unspecified atom stereocenters. The number of hydrogen-bond acceptors (Lipinski definition) is 7. The maximum atomic E-state index is 12.9. The van der Waals surface area contributed by atoms with Gasteiger partial charge in [0.25, 0.3) is 11.1 Å². The Labute approximate surface area is 230 Å². The lowest BCUT2D eigenvalue weighted by Crippen LogP contribution is -2.27. The van der Waals surface area contributed by atoms with Gasteiger partial charge in [0.1, 0.15) is 5.75 Å². The van der Waals surface area contributed by atoms with Crippen molar-refractivity contribution in [1.82, 2.24) is 4.90 Å². The van der Waals surface area contributed by atoms with Crippen molar-refractivity contribution in [3.63, 3.8) is 0 Å². The minimum Gasteiger partial charge on any atom is -0.497 e. The van der Waals surface area contributed by atoms with E-state index < -0.39 is 5.97 Å². The molecule has 1 fully saturated rings. The van der Waals surface area contributed by atoms with Crippen LogP contribution < -0.4 is 14.2 Å². The Morgan fingerprint density at radius 2 is 1.72 bits per heavy atom. The molecule has 0 aliphatic carbocycles. The molecule has 0 atom stereocenters. The van der Waals surface area contributed by atoms with Gasteiger partial charge < -0.3 is 14.2 Å². The lowest BCUT2D eigenvalue weighted by Gasteiger charge is -2.13. The highest BCUT2D eigenvalue weighted by Crippen LogP contribution is 2.38. The van der Waals surface area contributed by atoms with Crippen molar-refractivity contribution in [3.8, 4) is 17.2 Å². The van der Waals surface area contributed by atoms with E-state index in [1.807, 2.05) is 22.6 Å². The van der Waals surface area contributed by atoms with Gasteiger partial charge in [0.2, 0.25) is 0 Å². The van der Waals surface area contributed by atoms with E-state index in [4.69, 9.17) is 25.8 Å². The van der Waals surface area contributed by atoms with E-state index in [9.17, 15) is 14.4 Å². The number of hydrogen-bond donors (Lipinski definition) is 0. The summed E-state index contributed by atoms with van der Waals surface area (Å²) < 4.78 is 16.8. The van der Waals surface area contributed by atoms with E-state index in [-0.39, 0.29) is 28.3 Å². The van der Waals surface area contributed by atoms with E-state index >= 15 is 0 Å². The molecule has 36 heavy (non-hydrogen) atoms. The van der Waals surface area contributed by atoms with Crippen LogP contribution in [-0.2, 0) is 11.3 Å². The van der Waals surface area contributed by atoms with E-state index in [2.05, 4.69) is 0 Å². The average molecular weight is 636 g/mol. The summed E-state index contributed by atoms with van der Waals surface area (Å²) in [6, 6.07) is 16.9. The molecule has 0 N–H and O–H groups in total. The van der Waals surface area contributed by atoms with Crippen LogP contribution in [0.2, 0.25) is 5.02 Å². The van der Waals surface area contributed by atoms with Gasteiger partial charge in [0.05, 0.1) is 34.8 Å². The molecular formula is C26H19ClINO6S. The van der Waals surface area contributed by atoms with Crippen LogP contribution in [0.1, 0.15) is 21.5 Å². The normalized spacial score (nSPS) is 14.3. The van der Waals surface area contributed by atoms with Gasteiger partial charge in [-0.2, -0.15) is 0 Å². The molecule has 2 amide bonds. The molecule has 1 heterocycles. The van der Waals surface area contributed by atoms with Crippen LogP contribution in [0, 0.1) is 3.57 Å². The van der Waals surface area contributed by atoms with E-state index in [0.717, 1.165) is 17.3 Å². The maximum absolute atomic E-state index is 12.9. The van der Waals surface area contributed by atoms with Gasteiger partial charge >= 0.3 is 5.97 Å². The summed E-state index contributed by atoms with van der Waals surface area (Å²) in [5, 5.41) is 0.224. The van der Waals surface area contributed by atoms with Crippen molar-refractivity contribution >= 4 is 69.1 Å². The van der Waals surface area contributed by atoms with E-state index in [1.54, 1.807) is 73.8 Å².